The van der Waals surface area contributed by atoms with E-state index in [4.69, 9.17) is 4.42 Å². The molecular formula is C13H13N5O2S3. The van der Waals surface area contributed by atoms with E-state index in [9.17, 15) is 4.79 Å². The highest BCUT2D eigenvalue weighted by Crippen LogP contribution is 2.26. The van der Waals surface area contributed by atoms with Crippen molar-refractivity contribution >= 4 is 45.5 Å². The standard InChI is InChI=1S/C13H13N5O2S3/c1-2-4-10-15-17-12(23-10)14-9(19)7-22-13-18-16-11(20-13)8-5-3-6-21-8/h3,5-6H,2,4,7H2,1H3,(H,14,17,19). The first-order valence-corrected chi connectivity index (χ1v) is 9.55. The lowest BCUT2D eigenvalue weighted by Gasteiger charge is -1.97. The summed E-state index contributed by atoms with van der Waals surface area (Å²) in [6, 6.07) is 3.82. The van der Waals surface area contributed by atoms with Gasteiger partial charge in [0.2, 0.25) is 11.0 Å². The number of nitrogens with zero attached hydrogens (tertiary/aromatic N) is 4. The molecule has 3 aromatic heterocycles. The van der Waals surface area contributed by atoms with Gasteiger partial charge < -0.3 is 4.42 Å². The quantitative estimate of drug-likeness (QED) is 0.640. The first kappa shape index (κ1) is 16.1. The van der Waals surface area contributed by atoms with E-state index in [0.29, 0.717) is 16.2 Å². The third-order valence-corrected chi connectivity index (χ3v) is 5.22. The van der Waals surface area contributed by atoms with Crippen LogP contribution in [-0.2, 0) is 11.2 Å². The van der Waals surface area contributed by atoms with Gasteiger partial charge >= 0.3 is 0 Å². The van der Waals surface area contributed by atoms with E-state index in [-0.39, 0.29) is 11.7 Å². The van der Waals surface area contributed by atoms with Gasteiger partial charge in [0, 0.05) is 6.42 Å². The fraction of sp³-hybridized carbons (Fsp3) is 0.308. The average Bonchev–Trinajstić information content (AvgIpc) is 3.27. The van der Waals surface area contributed by atoms with Gasteiger partial charge in [-0.2, -0.15) is 0 Å². The lowest BCUT2D eigenvalue weighted by Crippen LogP contribution is -2.13. The molecule has 23 heavy (non-hydrogen) atoms. The second kappa shape index (κ2) is 7.66. The zero-order valence-corrected chi connectivity index (χ0v) is 14.6. The van der Waals surface area contributed by atoms with E-state index < -0.39 is 0 Å². The van der Waals surface area contributed by atoms with Crippen LogP contribution in [0.3, 0.4) is 0 Å². The molecule has 7 nitrogen and oxygen atoms in total. The summed E-state index contributed by atoms with van der Waals surface area (Å²) in [6.07, 6.45) is 1.87. The Morgan fingerprint density at radius 3 is 3.04 bits per heavy atom. The minimum absolute atomic E-state index is 0.175. The van der Waals surface area contributed by atoms with Gasteiger partial charge in [-0.1, -0.05) is 36.1 Å². The Morgan fingerprint density at radius 2 is 2.26 bits per heavy atom. The Morgan fingerprint density at radius 1 is 1.35 bits per heavy atom. The van der Waals surface area contributed by atoms with E-state index in [1.807, 2.05) is 17.5 Å². The predicted octanol–water partition coefficient (Wildman–Crippen LogP) is 3.33. The number of hydrogen-bond donors (Lipinski definition) is 1. The predicted molar refractivity (Wildman–Crippen MR) is 90.9 cm³/mol. The number of rotatable bonds is 7. The third kappa shape index (κ3) is 4.36. The van der Waals surface area contributed by atoms with Crippen LogP contribution in [0.4, 0.5) is 5.13 Å². The number of thioether (sulfide) groups is 1. The maximum Gasteiger partial charge on any atom is 0.277 e. The molecule has 0 aliphatic heterocycles. The molecule has 3 rings (SSSR count). The molecule has 10 heteroatoms. The molecular weight excluding hydrogens is 354 g/mol. The number of aromatic nitrogens is 4. The number of anilines is 1. The number of aryl methyl sites for hydroxylation is 1. The molecule has 120 valence electrons. The average molecular weight is 367 g/mol. The fourth-order valence-corrected chi connectivity index (χ4v) is 3.73. The van der Waals surface area contributed by atoms with Gasteiger partial charge in [0.1, 0.15) is 5.01 Å². The molecule has 0 aliphatic rings. The van der Waals surface area contributed by atoms with E-state index >= 15 is 0 Å². The summed E-state index contributed by atoms with van der Waals surface area (Å²) in [4.78, 5) is 12.8. The summed E-state index contributed by atoms with van der Waals surface area (Å²) in [5, 5.41) is 22.3. The molecule has 0 radical (unpaired) electrons. The molecule has 1 amide bonds. The first-order valence-electron chi connectivity index (χ1n) is 6.87. The van der Waals surface area contributed by atoms with Crippen molar-refractivity contribution < 1.29 is 9.21 Å². The van der Waals surface area contributed by atoms with Gasteiger partial charge in [-0.15, -0.1) is 31.7 Å². The van der Waals surface area contributed by atoms with E-state index in [1.165, 1.54) is 34.4 Å². The monoisotopic (exact) mass is 367 g/mol. The van der Waals surface area contributed by atoms with Crippen LogP contribution in [0.2, 0.25) is 0 Å². The van der Waals surface area contributed by atoms with Gasteiger partial charge in [-0.05, 0) is 17.9 Å². The van der Waals surface area contributed by atoms with E-state index in [0.717, 1.165) is 22.7 Å². The van der Waals surface area contributed by atoms with Crippen LogP contribution < -0.4 is 5.32 Å². The Balaban J connectivity index is 1.50. The van der Waals surface area contributed by atoms with Crippen molar-refractivity contribution in [3.8, 4) is 10.8 Å². The SMILES string of the molecule is CCCc1nnc(NC(=O)CSc2nnc(-c3cccs3)o2)s1. The van der Waals surface area contributed by atoms with Gasteiger partial charge in [0.15, 0.2) is 0 Å². The highest BCUT2D eigenvalue weighted by Gasteiger charge is 2.13. The Kier molecular flexibility index (Phi) is 5.36. The molecule has 1 N–H and O–H groups in total. The molecule has 3 heterocycles. The summed E-state index contributed by atoms with van der Waals surface area (Å²) in [6.45, 7) is 2.07. The van der Waals surface area contributed by atoms with Crippen LogP contribution >= 0.6 is 34.4 Å². The third-order valence-electron chi connectivity index (χ3n) is 2.64. The molecule has 0 fully saturated rings. The fourth-order valence-electron chi connectivity index (χ4n) is 1.67. The van der Waals surface area contributed by atoms with Crippen LogP contribution in [0.5, 0.6) is 0 Å². The highest BCUT2D eigenvalue weighted by molar-refractivity contribution is 7.99. The van der Waals surface area contributed by atoms with Crippen molar-refractivity contribution in [2.75, 3.05) is 11.1 Å². The molecule has 0 saturated carbocycles. The highest BCUT2D eigenvalue weighted by atomic mass is 32.2. The summed E-state index contributed by atoms with van der Waals surface area (Å²) in [5.74, 6) is 0.468. The van der Waals surface area contributed by atoms with Crippen LogP contribution in [-0.4, -0.2) is 32.1 Å². The second-order valence-corrected chi connectivity index (χ2v) is 7.37. The number of amides is 1. The Hall–Kier alpha value is -1.78. The maximum absolute atomic E-state index is 11.9. The molecule has 0 bridgehead atoms. The zero-order valence-electron chi connectivity index (χ0n) is 12.2. The van der Waals surface area contributed by atoms with E-state index in [1.54, 1.807) is 0 Å². The van der Waals surface area contributed by atoms with Crippen LogP contribution in [0.25, 0.3) is 10.8 Å². The molecule has 0 spiro atoms. The van der Waals surface area contributed by atoms with Gasteiger partial charge in [-0.25, -0.2) is 0 Å². The molecule has 0 aromatic carbocycles. The summed E-state index contributed by atoms with van der Waals surface area (Å²) in [7, 11) is 0. The molecule has 0 aliphatic carbocycles. The lowest BCUT2D eigenvalue weighted by atomic mass is 10.4. The van der Waals surface area contributed by atoms with Crippen molar-refractivity contribution in [2.45, 2.75) is 25.0 Å². The minimum Gasteiger partial charge on any atom is -0.410 e. The van der Waals surface area contributed by atoms with Crippen LogP contribution in [0, 0.1) is 0 Å². The van der Waals surface area contributed by atoms with Crippen molar-refractivity contribution in [2.24, 2.45) is 0 Å². The second-order valence-electron chi connectivity index (χ2n) is 4.44. The van der Waals surface area contributed by atoms with Crippen molar-refractivity contribution in [3.05, 3.63) is 22.5 Å². The molecule has 0 atom stereocenters. The van der Waals surface area contributed by atoms with Crippen LogP contribution in [0.15, 0.2) is 27.2 Å². The summed E-state index contributed by atoms with van der Waals surface area (Å²) < 4.78 is 5.51. The van der Waals surface area contributed by atoms with Gasteiger partial charge in [0.25, 0.3) is 11.1 Å². The number of carbonyl (C=O) groups is 1. The van der Waals surface area contributed by atoms with Gasteiger partial charge in [0.05, 0.1) is 10.6 Å². The molecule has 3 aromatic rings. The smallest absolute Gasteiger partial charge is 0.277 e. The minimum atomic E-state index is -0.176. The molecule has 0 saturated heterocycles. The van der Waals surface area contributed by atoms with Crippen molar-refractivity contribution in [1.82, 2.24) is 20.4 Å². The topological polar surface area (TPSA) is 93.8 Å². The van der Waals surface area contributed by atoms with Crippen LogP contribution in [0.1, 0.15) is 18.4 Å². The number of carbonyl (C=O) groups excluding carboxylic acids is 1. The van der Waals surface area contributed by atoms with Crippen molar-refractivity contribution in [1.29, 1.82) is 0 Å². The normalized spacial score (nSPS) is 10.8. The zero-order chi connectivity index (χ0) is 16.1. The number of nitrogens with one attached hydrogen (secondary N) is 1. The Bertz CT molecular complexity index is 768. The van der Waals surface area contributed by atoms with E-state index in [2.05, 4.69) is 32.6 Å². The first-order chi connectivity index (χ1) is 11.2. The maximum atomic E-state index is 11.9. The van der Waals surface area contributed by atoms with Gasteiger partial charge in [-0.3, -0.25) is 10.1 Å². The molecule has 0 unspecified atom stereocenters. The number of thiophene rings is 1. The summed E-state index contributed by atoms with van der Waals surface area (Å²) >= 11 is 4.11. The Labute approximate surface area is 144 Å². The number of hydrogen-bond acceptors (Lipinski definition) is 9. The van der Waals surface area contributed by atoms with Crippen molar-refractivity contribution in [3.63, 3.8) is 0 Å². The largest absolute Gasteiger partial charge is 0.410 e. The summed E-state index contributed by atoms with van der Waals surface area (Å²) in [5.41, 5.74) is 0. The lowest BCUT2D eigenvalue weighted by molar-refractivity contribution is -0.113.